The van der Waals surface area contributed by atoms with Crippen molar-refractivity contribution < 1.29 is 4.79 Å². The molecule has 0 unspecified atom stereocenters. The molecule has 1 aromatic rings. The standard InChI is InChI=1S/C14H16IN3O/c15-12-3-1-2-11(10-12)14(19)17-13-4-7-18(8-5-13)9-6-16/h1-3,10,13H,4-5,7-9H2,(H,17,19). The first-order chi connectivity index (χ1) is 9.19. The van der Waals surface area contributed by atoms with Gasteiger partial charge in [0.2, 0.25) is 0 Å². The number of nitrogens with zero attached hydrogens (tertiary/aromatic N) is 2. The summed E-state index contributed by atoms with van der Waals surface area (Å²) in [5.41, 5.74) is 0.714. The summed E-state index contributed by atoms with van der Waals surface area (Å²) in [4.78, 5) is 14.2. The van der Waals surface area contributed by atoms with Crippen molar-refractivity contribution in [3.8, 4) is 6.07 Å². The van der Waals surface area contributed by atoms with Crippen LogP contribution in [0.1, 0.15) is 23.2 Å². The first-order valence-corrected chi connectivity index (χ1v) is 7.42. The molecule has 0 aliphatic carbocycles. The number of carbonyl (C=O) groups is 1. The number of amides is 1. The summed E-state index contributed by atoms with van der Waals surface area (Å²) in [5.74, 6) is -0.00255. The second-order valence-electron chi connectivity index (χ2n) is 4.69. The monoisotopic (exact) mass is 369 g/mol. The number of benzene rings is 1. The van der Waals surface area contributed by atoms with E-state index < -0.39 is 0 Å². The third-order valence-electron chi connectivity index (χ3n) is 3.30. The van der Waals surface area contributed by atoms with Gasteiger partial charge in [0.05, 0.1) is 12.6 Å². The first kappa shape index (κ1) is 14.3. The van der Waals surface area contributed by atoms with Crippen LogP contribution in [-0.2, 0) is 0 Å². The van der Waals surface area contributed by atoms with Crippen molar-refractivity contribution in [1.29, 1.82) is 5.26 Å². The molecule has 1 saturated heterocycles. The summed E-state index contributed by atoms with van der Waals surface area (Å²) < 4.78 is 1.06. The normalized spacial score (nSPS) is 16.8. The van der Waals surface area contributed by atoms with Crippen LogP contribution in [0.3, 0.4) is 0 Å². The lowest BCUT2D eigenvalue weighted by Gasteiger charge is -2.30. The molecule has 1 aliphatic rings. The van der Waals surface area contributed by atoms with E-state index in [2.05, 4.69) is 38.9 Å². The molecule has 5 heteroatoms. The summed E-state index contributed by atoms with van der Waals surface area (Å²) >= 11 is 2.20. The van der Waals surface area contributed by atoms with Crippen molar-refractivity contribution in [1.82, 2.24) is 10.2 Å². The molecular weight excluding hydrogens is 353 g/mol. The van der Waals surface area contributed by atoms with Crippen molar-refractivity contribution in [2.75, 3.05) is 19.6 Å². The van der Waals surface area contributed by atoms with Crippen molar-refractivity contribution >= 4 is 28.5 Å². The number of piperidine rings is 1. The third kappa shape index (κ3) is 4.18. The summed E-state index contributed by atoms with van der Waals surface area (Å²) in [7, 11) is 0. The fourth-order valence-corrected chi connectivity index (χ4v) is 2.78. The van der Waals surface area contributed by atoms with Crippen molar-refractivity contribution in [3.05, 3.63) is 33.4 Å². The number of carbonyl (C=O) groups excluding carboxylic acids is 1. The molecule has 1 aliphatic heterocycles. The first-order valence-electron chi connectivity index (χ1n) is 6.35. The van der Waals surface area contributed by atoms with Gasteiger partial charge in [0.25, 0.3) is 5.91 Å². The molecule has 1 heterocycles. The van der Waals surface area contributed by atoms with E-state index in [0.29, 0.717) is 12.1 Å². The average Bonchev–Trinajstić information content (AvgIpc) is 2.41. The van der Waals surface area contributed by atoms with Crippen LogP contribution in [0.25, 0.3) is 0 Å². The molecular formula is C14H16IN3O. The summed E-state index contributed by atoms with van der Waals surface area (Å²) in [5, 5.41) is 11.7. The minimum absolute atomic E-state index is 0.00255. The van der Waals surface area contributed by atoms with E-state index in [0.717, 1.165) is 29.5 Å². The molecule has 0 spiro atoms. The highest BCUT2D eigenvalue weighted by atomic mass is 127. The Balaban J connectivity index is 1.86. The van der Waals surface area contributed by atoms with Crippen molar-refractivity contribution in [3.63, 3.8) is 0 Å². The predicted octanol–water partition coefficient (Wildman–Crippen LogP) is 2.01. The van der Waals surface area contributed by atoms with Crippen LogP contribution in [0.5, 0.6) is 0 Å². The second-order valence-corrected chi connectivity index (χ2v) is 5.94. The Bertz CT molecular complexity index is 490. The Kier molecular flexibility index (Phi) is 5.16. The lowest BCUT2D eigenvalue weighted by atomic mass is 10.0. The molecule has 2 rings (SSSR count). The van der Waals surface area contributed by atoms with Gasteiger partial charge in [-0.15, -0.1) is 0 Å². The highest BCUT2D eigenvalue weighted by Crippen LogP contribution is 2.12. The number of hydrogen-bond acceptors (Lipinski definition) is 3. The number of likely N-dealkylation sites (tertiary alicyclic amines) is 1. The van der Waals surface area contributed by atoms with Crippen LogP contribution in [0.4, 0.5) is 0 Å². The predicted molar refractivity (Wildman–Crippen MR) is 81.7 cm³/mol. The number of halogens is 1. The van der Waals surface area contributed by atoms with Crippen LogP contribution in [-0.4, -0.2) is 36.5 Å². The van der Waals surface area contributed by atoms with E-state index >= 15 is 0 Å². The fraction of sp³-hybridized carbons (Fsp3) is 0.429. The number of nitrogens with one attached hydrogen (secondary N) is 1. The lowest BCUT2D eigenvalue weighted by Crippen LogP contribution is -2.44. The van der Waals surface area contributed by atoms with Crippen LogP contribution < -0.4 is 5.32 Å². The van der Waals surface area contributed by atoms with Crippen LogP contribution >= 0.6 is 22.6 Å². The zero-order valence-corrected chi connectivity index (χ0v) is 12.8. The minimum Gasteiger partial charge on any atom is -0.349 e. The SMILES string of the molecule is N#CCN1CCC(NC(=O)c2cccc(I)c2)CC1. The quantitative estimate of drug-likeness (QED) is 0.655. The van der Waals surface area contributed by atoms with Crippen LogP contribution in [0.15, 0.2) is 24.3 Å². The van der Waals surface area contributed by atoms with Gasteiger partial charge in [0.1, 0.15) is 0 Å². The van der Waals surface area contributed by atoms with E-state index in [1.54, 1.807) is 0 Å². The molecule has 100 valence electrons. The van der Waals surface area contributed by atoms with Gasteiger partial charge in [0.15, 0.2) is 0 Å². The van der Waals surface area contributed by atoms with Gasteiger partial charge < -0.3 is 5.32 Å². The van der Waals surface area contributed by atoms with Crippen LogP contribution in [0, 0.1) is 14.9 Å². The topological polar surface area (TPSA) is 56.1 Å². The molecule has 1 aromatic carbocycles. The van der Waals surface area contributed by atoms with E-state index in [4.69, 9.17) is 5.26 Å². The third-order valence-corrected chi connectivity index (χ3v) is 3.97. The number of rotatable bonds is 3. The molecule has 1 amide bonds. The van der Waals surface area contributed by atoms with Gasteiger partial charge in [-0.25, -0.2) is 0 Å². The molecule has 4 nitrogen and oxygen atoms in total. The molecule has 19 heavy (non-hydrogen) atoms. The number of hydrogen-bond donors (Lipinski definition) is 1. The van der Waals surface area contributed by atoms with Gasteiger partial charge in [0, 0.05) is 28.3 Å². The molecule has 1 N–H and O–H groups in total. The maximum atomic E-state index is 12.1. The Labute approximate surface area is 126 Å². The van der Waals surface area contributed by atoms with E-state index in [9.17, 15) is 4.79 Å². The smallest absolute Gasteiger partial charge is 0.251 e. The zero-order chi connectivity index (χ0) is 13.7. The van der Waals surface area contributed by atoms with E-state index in [-0.39, 0.29) is 11.9 Å². The Morgan fingerprint density at radius 1 is 1.47 bits per heavy atom. The number of nitriles is 1. The molecule has 0 aromatic heterocycles. The van der Waals surface area contributed by atoms with Gasteiger partial charge in [-0.2, -0.15) is 5.26 Å². The second kappa shape index (κ2) is 6.87. The van der Waals surface area contributed by atoms with Crippen molar-refractivity contribution in [2.45, 2.75) is 18.9 Å². The molecule has 0 saturated carbocycles. The van der Waals surface area contributed by atoms with Gasteiger partial charge in [-0.05, 0) is 53.6 Å². The lowest BCUT2D eigenvalue weighted by molar-refractivity contribution is 0.0914. The largest absolute Gasteiger partial charge is 0.349 e. The highest BCUT2D eigenvalue weighted by molar-refractivity contribution is 14.1. The average molecular weight is 369 g/mol. The summed E-state index contributed by atoms with van der Waals surface area (Å²) in [6.45, 7) is 2.24. The van der Waals surface area contributed by atoms with E-state index in [1.807, 2.05) is 24.3 Å². The fourth-order valence-electron chi connectivity index (χ4n) is 2.23. The Morgan fingerprint density at radius 3 is 2.84 bits per heavy atom. The maximum absolute atomic E-state index is 12.1. The van der Waals surface area contributed by atoms with Crippen LogP contribution in [0.2, 0.25) is 0 Å². The van der Waals surface area contributed by atoms with Gasteiger partial charge in [-0.1, -0.05) is 6.07 Å². The molecule has 1 fully saturated rings. The Morgan fingerprint density at radius 2 is 2.21 bits per heavy atom. The zero-order valence-electron chi connectivity index (χ0n) is 10.6. The highest BCUT2D eigenvalue weighted by Gasteiger charge is 2.20. The van der Waals surface area contributed by atoms with E-state index in [1.165, 1.54) is 0 Å². The molecule has 0 radical (unpaired) electrons. The molecule has 0 bridgehead atoms. The van der Waals surface area contributed by atoms with Crippen molar-refractivity contribution in [2.24, 2.45) is 0 Å². The summed E-state index contributed by atoms with van der Waals surface area (Å²) in [6.07, 6.45) is 1.83. The minimum atomic E-state index is -0.00255. The Hall–Kier alpha value is -1.13. The van der Waals surface area contributed by atoms with Gasteiger partial charge in [-0.3, -0.25) is 9.69 Å². The maximum Gasteiger partial charge on any atom is 0.251 e. The van der Waals surface area contributed by atoms with Gasteiger partial charge >= 0.3 is 0 Å². The molecule has 0 atom stereocenters. The summed E-state index contributed by atoms with van der Waals surface area (Å²) in [6, 6.07) is 9.98.